The Morgan fingerprint density at radius 3 is 2.35 bits per heavy atom. The van der Waals surface area contributed by atoms with Crippen molar-refractivity contribution in [1.29, 1.82) is 0 Å². The van der Waals surface area contributed by atoms with Gasteiger partial charge in [-0.1, -0.05) is 26.7 Å². The van der Waals surface area contributed by atoms with Crippen molar-refractivity contribution < 1.29 is 9.90 Å². The second kappa shape index (κ2) is 8.80. The van der Waals surface area contributed by atoms with Crippen molar-refractivity contribution in [2.24, 2.45) is 0 Å². The summed E-state index contributed by atoms with van der Waals surface area (Å²) in [6, 6.07) is 1.87. The fourth-order valence-corrected chi connectivity index (χ4v) is 2.31. The Kier molecular flexibility index (Phi) is 7.37. The summed E-state index contributed by atoms with van der Waals surface area (Å²) in [6.07, 6.45) is 6.18. The van der Waals surface area contributed by atoms with Crippen LogP contribution < -0.4 is 0 Å². The highest BCUT2D eigenvalue weighted by Gasteiger charge is 2.18. The van der Waals surface area contributed by atoms with E-state index in [-0.39, 0.29) is 12.5 Å². The number of unbranched alkanes of at least 4 members (excludes halogenated alkanes) is 2. The van der Waals surface area contributed by atoms with Gasteiger partial charge in [0.2, 0.25) is 0 Å². The van der Waals surface area contributed by atoms with Gasteiger partial charge in [-0.2, -0.15) is 0 Å². The SMILES string of the molecule is CCCCN(CCCC)C(=O)c1ccn(CCO)c1C. The fourth-order valence-electron chi connectivity index (χ4n) is 2.31. The smallest absolute Gasteiger partial charge is 0.255 e. The number of aliphatic hydroxyl groups excluding tert-OH is 1. The molecule has 0 aliphatic carbocycles. The van der Waals surface area contributed by atoms with Gasteiger partial charge in [-0.15, -0.1) is 0 Å². The van der Waals surface area contributed by atoms with Gasteiger partial charge in [0.05, 0.1) is 12.2 Å². The molecule has 0 unspecified atom stereocenters. The van der Waals surface area contributed by atoms with Gasteiger partial charge >= 0.3 is 0 Å². The van der Waals surface area contributed by atoms with Crippen molar-refractivity contribution in [2.75, 3.05) is 19.7 Å². The minimum atomic E-state index is 0.0958. The number of nitrogens with zero attached hydrogens (tertiary/aromatic N) is 2. The zero-order chi connectivity index (χ0) is 15.0. The molecule has 0 bridgehead atoms. The molecule has 0 radical (unpaired) electrons. The van der Waals surface area contributed by atoms with E-state index < -0.39 is 0 Å². The van der Waals surface area contributed by atoms with E-state index in [1.807, 2.05) is 28.7 Å². The lowest BCUT2D eigenvalue weighted by Crippen LogP contribution is -2.33. The van der Waals surface area contributed by atoms with Crippen LogP contribution in [0, 0.1) is 6.92 Å². The molecule has 0 atom stereocenters. The standard InChI is InChI=1S/C16H28N2O2/c1-4-6-9-18(10-7-5-2)16(20)15-8-11-17(12-13-19)14(15)3/h8,11,19H,4-7,9-10,12-13H2,1-3H3. The summed E-state index contributed by atoms with van der Waals surface area (Å²) < 4.78 is 1.94. The van der Waals surface area contributed by atoms with Gasteiger partial charge in [0.25, 0.3) is 5.91 Å². The van der Waals surface area contributed by atoms with Crippen LogP contribution in [-0.2, 0) is 6.54 Å². The highest BCUT2D eigenvalue weighted by atomic mass is 16.3. The predicted molar refractivity (Wildman–Crippen MR) is 82.0 cm³/mol. The summed E-state index contributed by atoms with van der Waals surface area (Å²) in [7, 11) is 0. The first-order valence-corrected chi connectivity index (χ1v) is 7.71. The molecule has 0 saturated carbocycles. The van der Waals surface area contributed by atoms with Gasteiger partial charge in [-0.3, -0.25) is 4.79 Å². The molecular formula is C16H28N2O2. The summed E-state index contributed by atoms with van der Waals surface area (Å²) >= 11 is 0. The molecule has 0 saturated heterocycles. The minimum Gasteiger partial charge on any atom is -0.395 e. The largest absolute Gasteiger partial charge is 0.395 e. The molecule has 4 nitrogen and oxygen atoms in total. The molecule has 1 rings (SSSR count). The summed E-state index contributed by atoms with van der Waals surface area (Å²) in [6.45, 7) is 8.54. The Labute approximate surface area is 122 Å². The molecule has 0 fully saturated rings. The van der Waals surface area contributed by atoms with E-state index >= 15 is 0 Å². The van der Waals surface area contributed by atoms with Gasteiger partial charge in [0, 0.05) is 31.5 Å². The van der Waals surface area contributed by atoms with Crippen LogP contribution in [-0.4, -0.2) is 40.2 Å². The third-order valence-corrected chi connectivity index (χ3v) is 3.66. The molecule has 0 spiro atoms. The number of aromatic nitrogens is 1. The highest BCUT2D eigenvalue weighted by Crippen LogP contribution is 2.14. The second-order valence-electron chi connectivity index (χ2n) is 5.23. The van der Waals surface area contributed by atoms with E-state index in [1.54, 1.807) is 0 Å². The van der Waals surface area contributed by atoms with E-state index in [4.69, 9.17) is 5.11 Å². The van der Waals surface area contributed by atoms with Crippen LogP contribution in [0.25, 0.3) is 0 Å². The molecule has 1 amide bonds. The topological polar surface area (TPSA) is 45.5 Å². The average Bonchev–Trinajstić information content (AvgIpc) is 2.80. The summed E-state index contributed by atoms with van der Waals surface area (Å²) in [5, 5.41) is 9.02. The Morgan fingerprint density at radius 1 is 1.25 bits per heavy atom. The maximum atomic E-state index is 12.6. The molecule has 4 heteroatoms. The first-order chi connectivity index (χ1) is 9.65. The van der Waals surface area contributed by atoms with Crippen molar-refractivity contribution in [3.05, 3.63) is 23.5 Å². The third-order valence-electron chi connectivity index (χ3n) is 3.66. The minimum absolute atomic E-state index is 0.0958. The number of carbonyl (C=O) groups is 1. The number of hydrogen-bond donors (Lipinski definition) is 1. The Bertz CT molecular complexity index is 405. The number of hydrogen-bond acceptors (Lipinski definition) is 2. The van der Waals surface area contributed by atoms with Gasteiger partial charge < -0.3 is 14.6 Å². The number of rotatable bonds is 9. The highest BCUT2D eigenvalue weighted by molar-refractivity contribution is 5.95. The van der Waals surface area contributed by atoms with Crippen molar-refractivity contribution in [3.63, 3.8) is 0 Å². The summed E-state index contributed by atoms with van der Waals surface area (Å²) in [5.41, 5.74) is 1.72. The van der Waals surface area contributed by atoms with Gasteiger partial charge in [-0.25, -0.2) is 0 Å². The van der Waals surface area contributed by atoms with Crippen LogP contribution in [0.3, 0.4) is 0 Å². The lowest BCUT2D eigenvalue weighted by Gasteiger charge is -2.22. The van der Waals surface area contributed by atoms with Gasteiger partial charge in [0.15, 0.2) is 0 Å². The molecule has 114 valence electrons. The molecule has 1 aromatic heterocycles. The van der Waals surface area contributed by atoms with Crippen molar-refractivity contribution in [2.45, 2.75) is 53.0 Å². The predicted octanol–water partition coefficient (Wildman–Crippen LogP) is 2.83. The number of aliphatic hydroxyl groups is 1. The number of amides is 1. The average molecular weight is 280 g/mol. The fraction of sp³-hybridized carbons (Fsp3) is 0.688. The van der Waals surface area contributed by atoms with Crippen LogP contribution in [0.15, 0.2) is 12.3 Å². The maximum absolute atomic E-state index is 12.6. The molecule has 1 N–H and O–H groups in total. The lowest BCUT2D eigenvalue weighted by molar-refractivity contribution is 0.0750. The Balaban J connectivity index is 2.81. The first kappa shape index (κ1) is 16.8. The van der Waals surface area contributed by atoms with E-state index in [9.17, 15) is 4.79 Å². The van der Waals surface area contributed by atoms with Crippen molar-refractivity contribution in [3.8, 4) is 0 Å². The van der Waals surface area contributed by atoms with Crippen molar-refractivity contribution in [1.82, 2.24) is 9.47 Å². The number of carbonyl (C=O) groups excluding carboxylic acids is 1. The molecule has 1 heterocycles. The van der Waals surface area contributed by atoms with Crippen LogP contribution in [0.5, 0.6) is 0 Å². The van der Waals surface area contributed by atoms with Crippen LogP contribution in [0.2, 0.25) is 0 Å². The van der Waals surface area contributed by atoms with Crippen molar-refractivity contribution >= 4 is 5.91 Å². The summed E-state index contributed by atoms with van der Waals surface area (Å²) in [5.74, 6) is 0.126. The molecule has 1 aromatic rings. The lowest BCUT2D eigenvalue weighted by atomic mass is 10.2. The molecular weight excluding hydrogens is 252 g/mol. The maximum Gasteiger partial charge on any atom is 0.255 e. The van der Waals surface area contributed by atoms with Gasteiger partial charge in [0.1, 0.15) is 0 Å². The Hall–Kier alpha value is -1.29. The van der Waals surface area contributed by atoms with E-state index in [0.29, 0.717) is 6.54 Å². The van der Waals surface area contributed by atoms with E-state index in [1.165, 1.54) is 0 Å². The molecule has 0 aliphatic rings. The van der Waals surface area contributed by atoms with E-state index in [0.717, 1.165) is 50.0 Å². The molecule has 0 aliphatic heterocycles. The molecule has 0 aromatic carbocycles. The zero-order valence-electron chi connectivity index (χ0n) is 13.1. The van der Waals surface area contributed by atoms with E-state index in [2.05, 4.69) is 13.8 Å². The second-order valence-corrected chi connectivity index (χ2v) is 5.23. The normalized spacial score (nSPS) is 10.8. The van der Waals surface area contributed by atoms with Crippen LogP contribution >= 0.6 is 0 Å². The first-order valence-electron chi connectivity index (χ1n) is 7.71. The quantitative estimate of drug-likeness (QED) is 0.756. The van der Waals surface area contributed by atoms with Crippen LogP contribution in [0.4, 0.5) is 0 Å². The van der Waals surface area contributed by atoms with Gasteiger partial charge in [-0.05, 0) is 25.8 Å². The van der Waals surface area contributed by atoms with Crippen LogP contribution in [0.1, 0.15) is 55.6 Å². The summed E-state index contributed by atoms with van der Waals surface area (Å²) in [4.78, 5) is 14.6. The Morgan fingerprint density at radius 2 is 1.85 bits per heavy atom. The zero-order valence-corrected chi connectivity index (χ0v) is 13.1. The molecule has 20 heavy (non-hydrogen) atoms. The monoisotopic (exact) mass is 280 g/mol. The third kappa shape index (κ3) is 4.37.